The average Bonchev–Trinajstić information content (AvgIpc) is 3.22. The number of aromatic nitrogens is 4. The summed E-state index contributed by atoms with van der Waals surface area (Å²) < 4.78 is 33.5. The zero-order chi connectivity index (χ0) is 21.5. The summed E-state index contributed by atoms with van der Waals surface area (Å²) in [5.74, 6) is 0.878. The van der Waals surface area contributed by atoms with Crippen LogP contribution >= 0.6 is 0 Å². The van der Waals surface area contributed by atoms with Gasteiger partial charge in [-0.15, -0.1) is 5.10 Å². The Balaban J connectivity index is 1.41. The Morgan fingerprint density at radius 2 is 1.97 bits per heavy atom. The van der Waals surface area contributed by atoms with Crippen molar-refractivity contribution in [2.24, 2.45) is 5.92 Å². The van der Waals surface area contributed by atoms with Crippen molar-refractivity contribution in [3.8, 4) is 0 Å². The van der Waals surface area contributed by atoms with Gasteiger partial charge in [-0.3, -0.25) is 0 Å². The first-order valence-electron chi connectivity index (χ1n) is 11.2. The Hall–Kier alpha value is -1.97. The minimum Gasteiger partial charge on any atom is -0.385 e. The first-order valence-corrected chi connectivity index (χ1v) is 11.2. The molecule has 0 unspecified atom stereocenters. The summed E-state index contributed by atoms with van der Waals surface area (Å²) >= 11 is 0. The van der Waals surface area contributed by atoms with Crippen molar-refractivity contribution in [2.75, 3.05) is 6.61 Å². The largest absolute Gasteiger partial charge is 0.385 e. The van der Waals surface area contributed by atoms with Crippen LogP contribution in [0.2, 0.25) is 0 Å². The normalized spacial score (nSPS) is 35.5. The Labute approximate surface area is 180 Å². The molecule has 2 aliphatic carbocycles. The molecule has 1 aromatic heterocycles. The quantitative estimate of drug-likeness (QED) is 0.729. The number of hydrogen-bond donors (Lipinski definition) is 2. The molecule has 2 saturated carbocycles. The lowest BCUT2D eigenvalue weighted by molar-refractivity contribution is -0.116. The summed E-state index contributed by atoms with van der Waals surface area (Å²) in [5, 5.41) is 26.9. The van der Waals surface area contributed by atoms with E-state index in [1.807, 2.05) is 30.3 Å². The van der Waals surface area contributed by atoms with Crippen molar-refractivity contribution in [2.45, 2.75) is 81.2 Å². The second-order valence-corrected chi connectivity index (χ2v) is 9.26. The van der Waals surface area contributed by atoms with Crippen LogP contribution in [-0.2, 0) is 22.4 Å². The minimum absolute atomic E-state index is 0.241. The zero-order valence-electron chi connectivity index (χ0n) is 17.5. The van der Waals surface area contributed by atoms with Gasteiger partial charge in [0, 0.05) is 18.6 Å². The van der Waals surface area contributed by atoms with Crippen molar-refractivity contribution in [1.29, 1.82) is 0 Å². The average molecular weight is 434 g/mol. The maximum atomic E-state index is 13.2. The molecule has 1 aliphatic heterocycles. The molecule has 0 radical (unpaired) electrons. The van der Waals surface area contributed by atoms with Crippen LogP contribution in [0.3, 0.4) is 0 Å². The number of alkyl halides is 2. The summed E-state index contributed by atoms with van der Waals surface area (Å²) in [6.07, 6.45) is 2.94. The van der Waals surface area contributed by atoms with Crippen molar-refractivity contribution in [3.05, 3.63) is 41.7 Å². The first-order chi connectivity index (χ1) is 15.0. The van der Waals surface area contributed by atoms with E-state index in [0.29, 0.717) is 37.4 Å². The fourth-order valence-electron chi connectivity index (χ4n) is 5.68. The SMILES string of the molecule is OC1(c2ccccc2)CCC(N[C@@H]2C[C@@H]3OCCC[C@@H]32)(c2nnnn2CC(F)F)CC1. The molecule has 3 fully saturated rings. The third kappa shape index (κ3) is 3.87. The van der Waals surface area contributed by atoms with Gasteiger partial charge in [0.1, 0.15) is 6.54 Å². The van der Waals surface area contributed by atoms with Crippen LogP contribution in [0.25, 0.3) is 0 Å². The standard InChI is InChI=1S/C22H29F2N5O2/c23-19(24)14-29-20(26-27-28-29)21(25-17-13-18-16(17)7-4-12-31-18)8-10-22(30,11-9-21)15-5-2-1-3-6-15/h1-3,5-6,16-19,25,30H,4,7-14H2/t16-,17-,18+,21?,22?/m1/s1. The fourth-order valence-corrected chi connectivity index (χ4v) is 5.68. The lowest BCUT2D eigenvalue weighted by Crippen LogP contribution is -2.63. The minimum atomic E-state index is -2.54. The molecule has 3 aliphatic rings. The maximum Gasteiger partial charge on any atom is 0.258 e. The highest BCUT2D eigenvalue weighted by Crippen LogP contribution is 2.48. The molecule has 5 rings (SSSR count). The molecule has 1 aromatic carbocycles. The van der Waals surface area contributed by atoms with Gasteiger partial charge in [-0.1, -0.05) is 30.3 Å². The van der Waals surface area contributed by atoms with Gasteiger partial charge in [0.25, 0.3) is 6.43 Å². The van der Waals surface area contributed by atoms with E-state index < -0.39 is 24.1 Å². The molecular weight excluding hydrogens is 404 g/mol. The predicted molar refractivity (Wildman–Crippen MR) is 108 cm³/mol. The van der Waals surface area contributed by atoms with Gasteiger partial charge < -0.3 is 15.2 Å². The highest BCUT2D eigenvalue weighted by atomic mass is 19.3. The van der Waals surface area contributed by atoms with Gasteiger partial charge in [-0.05, 0) is 60.9 Å². The Morgan fingerprint density at radius 1 is 1.19 bits per heavy atom. The van der Waals surface area contributed by atoms with Crippen molar-refractivity contribution >= 4 is 0 Å². The predicted octanol–water partition coefficient (Wildman–Crippen LogP) is 2.75. The molecule has 1 saturated heterocycles. The van der Waals surface area contributed by atoms with E-state index in [4.69, 9.17) is 4.74 Å². The maximum absolute atomic E-state index is 13.2. The number of aliphatic hydroxyl groups is 1. The van der Waals surface area contributed by atoms with E-state index in [1.165, 1.54) is 4.68 Å². The second kappa shape index (κ2) is 8.18. The van der Waals surface area contributed by atoms with Gasteiger partial charge in [0.15, 0.2) is 5.82 Å². The van der Waals surface area contributed by atoms with E-state index in [9.17, 15) is 13.9 Å². The van der Waals surface area contributed by atoms with E-state index in [1.54, 1.807) is 0 Å². The van der Waals surface area contributed by atoms with Gasteiger partial charge in [-0.2, -0.15) is 0 Å². The van der Waals surface area contributed by atoms with E-state index >= 15 is 0 Å². The van der Waals surface area contributed by atoms with Crippen LogP contribution < -0.4 is 5.32 Å². The molecule has 2 aromatic rings. The number of tetrazole rings is 1. The van der Waals surface area contributed by atoms with E-state index in [-0.39, 0.29) is 12.1 Å². The summed E-state index contributed by atoms with van der Waals surface area (Å²) in [4.78, 5) is 0. The Kier molecular flexibility index (Phi) is 5.52. The van der Waals surface area contributed by atoms with Crippen LogP contribution in [0.4, 0.5) is 8.78 Å². The van der Waals surface area contributed by atoms with Crippen LogP contribution in [0.15, 0.2) is 30.3 Å². The molecule has 2 heterocycles. The Bertz CT molecular complexity index is 885. The summed E-state index contributed by atoms with van der Waals surface area (Å²) in [7, 11) is 0. The molecule has 7 nitrogen and oxygen atoms in total. The molecule has 168 valence electrons. The zero-order valence-corrected chi connectivity index (χ0v) is 17.5. The first kappa shape index (κ1) is 20.9. The molecule has 0 bridgehead atoms. The van der Waals surface area contributed by atoms with E-state index in [2.05, 4.69) is 20.8 Å². The lowest BCUT2D eigenvalue weighted by Gasteiger charge is -2.53. The van der Waals surface area contributed by atoms with Crippen molar-refractivity contribution in [3.63, 3.8) is 0 Å². The number of rotatable bonds is 6. The van der Waals surface area contributed by atoms with Gasteiger partial charge >= 0.3 is 0 Å². The third-order valence-corrected chi connectivity index (χ3v) is 7.47. The van der Waals surface area contributed by atoms with Gasteiger partial charge in [0.2, 0.25) is 0 Å². The third-order valence-electron chi connectivity index (χ3n) is 7.47. The molecule has 2 N–H and O–H groups in total. The topological polar surface area (TPSA) is 85.1 Å². The number of halogens is 2. The van der Waals surface area contributed by atoms with E-state index in [0.717, 1.165) is 31.4 Å². The molecule has 3 atom stereocenters. The van der Waals surface area contributed by atoms with Gasteiger partial charge in [-0.25, -0.2) is 13.5 Å². The number of hydrogen-bond acceptors (Lipinski definition) is 6. The molecule has 9 heteroatoms. The summed E-state index contributed by atoms with van der Waals surface area (Å²) in [6, 6.07) is 9.90. The monoisotopic (exact) mass is 433 g/mol. The molecular formula is C22H29F2N5O2. The highest BCUT2D eigenvalue weighted by molar-refractivity contribution is 5.25. The fraction of sp³-hybridized carbons (Fsp3) is 0.682. The summed E-state index contributed by atoms with van der Waals surface area (Å²) in [6.45, 7) is 0.282. The lowest BCUT2D eigenvalue weighted by atomic mass is 9.67. The van der Waals surface area contributed by atoms with Crippen molar-refractivity contribution in [1.82, 2.24) is 25.5 Å². The smallest absolute Gasteiger partial charge is 0.258 e. The number of nitrogens with one attached hydrogen (secondary N) is 1. The highest BCUT2D eigenvalue weighted by Gasteiger charge is 2.52. The number of ether oxygens (including phenoxy) is 1. The Morgan fingerprint density at radius 3 is 2.68 bits per heavy atom. The van der Waals surface area contributed by atoms with Crippen LogP contribution in [0.1, 0.15) is 56.3 Å². The summed E-state index contributed by atoms with van der Waals surface area (Å²) in [5.41, 5.74) is -0.698. The van der Waals surface area contributed by atoms with Gasteiger partial charge in [0.05, 0.1) is 17.2 Å². The molecule has 0 amide bonds. The van der Waals surface area contributed by atoms with Crippen LogP contribution in [0, 0.1) is 5.92 Å². The van der Waals surface area contributed by atoms with Crippen LogP contribution in [0.5, 0.6) is 0 Å². The van der Waals surface area contributed by atoms with Crippen molar-refractivity contribution < 1.29 is 18.6 Å². The van der Waals surface area contributed by atoms with Crippen LogP contribution in [-0.4, -0.2) is 50.5 Å². The number of nitrogens with zero attached hydrogens (tertiary/aromatic N) is 4. The second-order valence-electron chi connectivity index (χ2n) is 9.26. The molecule has 0 spiro atoms. The number of fused-ring (bicyclic) bond motifs is 1. The number of benzene rings is 1. The molecule has 31 heavy (non-hydrogen) atoms.